The summed E-state index contributed by atoms with van der Waals surface area (Å²) in [5.41, 5.74) is 1.96. The van der Waals surface area contributed by atoms with Crippen LogP contribution in [0.2, 0.25) is 0 Å². The first-order chi connectivity index (χ1) is 13.4. The Kier molecular flexibility index (Phi) is 5.67. The molecule has 0 amide bonds. The van der Waals surface area contributed by atoms with Crippen LogP contribution in [0, 0.1) is 25.2 Å². The van der Waals surface area contributed by atoms with Crippen molar-refractivity contribution in [1.82, 2.24) is 24.7 Å². The molecule has 2 aromatic heterocycles. The van der Waals surface area contributed by atoms with Gasteiger partial charge in [-0.15, -0.1) is 10.2 Å². The van der Waals surface area contributed by atoms with Crippen LogP contribution in [-0.2, 0) is 10.0 Å². The number of nitrogens with zero attached hydrogens (tertiary/aromatic N) is 5. The average molecular weight is 397 g/mol. The molecule has 9 nitrogen and oxygen atoms in total. The molecule has 0 saturated carbocycles. The number of rotatable bonds is 7. The van der Waals surface area contributed by atoms with Gasteiger partial charge in [0.15, 0.2) is 5.82 Å². The van der Waals surface area contributed by atoms with Crippen LogP contribution in [0.1, 0.15) is 17.0 Å². The lowest BCUT2D eigenvalue weighted by Gasteiger charge is -2.09. The van der Waals surface area contributed by atoms with E-state index < -0.39 is 10.0 Å². The summed E-state index contributed by atoms with van der Waals surface area (Å²) in [5.74, 6) is 1.12. The quantitative estimate of drug-likeness (QED) is 0.579. The van der Waals surface area contributed by atoms with Crippen molar-refractivity contribution in [1.29, 1.82) is 5.26 Å². The predicted octanol–water partition coefficient (Wildman–Crippen LogP) is 1.54. The van der Waals surface area contributed by atoms with Crippen molar-refractivity contribution in [3.63, 3.8) is 0 Å². The van der Waals surface area contributed by atoms with Gasteiger partial charge in [0.25, 0.3) is 0 Å². The molecule has 0 bridgehead atoms. The van der Waals surface area contributed by atoms with Gasteiger partial charge in [0.1, 0.15) is 11.9 Å². The van der Waals surface area contributed by atoms with Crippen LogP contribution in [0.15, 0.2) is 47.4 Å². The highest BCUT2D eigenvalue weighted by Crippen LogP contribution is 2.14. The molecule has 0 aliphatic heterocycles. The van der Waals surface area contributed by atoms with E-state index in [0.717, 1.165) is 11.4 Å². The molecule has 2 N–H and O–H groups in total. The molecule has 3 rings (SSSR count). The van der Waals surface area contributed by atoms with E-state index in [1.54, 1.807) is 28.9 Å². The molecule has 3 aromatic rings. The van der Waals surface area contributed by atoms with Crippen LogP contribution in [0.25, 0.3) is 5.82 Å². The third kappa shape index (κ3) is 4.33. The lowest BCUT2D eigenvalue weighted by Crippen LogP contribution is -2.29. The Balaban J connectivity index is 1.57. The predicted molar refractivity (Wildman–Crippen MR) is 103 cm³/mol. The zero-order chi connectivity index (χ0) is 20.1. The first kappa shape index (κ1) is 19.5. The second-order valence-electron chi connectivity index (χ2n) is 6.05. The second kappa shape index (κ2) is 8.16. The summed E-state index contributed by atoms with van der Waals surface area (Å²) in [4.78, 5) is -0.0356. The fourth-order valence-corrected chi connectivity index (χ4v) is 3.83. The van der Waals surface area contributed by atoms with Crippen LogP contribution in [-0.4, -0.2) is 41.5 Å². The number of nitrogens with one attached hydrogen (secondary N) is 2. The Bertz CT molecular complexity index is 1120. The lowest BCUT2D eigenvalue weighted by molar-refractivity contribution is 0.582. The maximum absolute atomic E-state index is 12.3. The molecular formula is C18H19N7O2S. The maximum atomic E-state index is 12.3. The van der Waals surface area contributed by atoms with Gasteiger partial charge in [0.05, 0.1) is 16.2 Å². The van der Waals surface area contributed by atoms with Crippen molar-refractivity contribution in [3.8, 4) is 11.9 Å². The van der Waals surface area contributed by atoms with Gasteiger partial charge in [-0.2, -0.15) is 10.4 Å². The van der Waals surface area contributed by atoms with Gasteiger partial charge in [-0.1, -0.05) is 12.1 Å². The summed E-state index contributed by atoms with van der Waals surface area (Å²) in [6.45, 7) is 4.28. The van der Waals surface area contributed by atoms with Crippen LogP contribution in [0.4, 0.5) is 5.82 Å². The van der Waals surface area contributed by atoms with E-state index in [4.69, 9.17) is 5.26 Å². The summed E-state index contributed by atoms with van der Waals surface area (Å²) < 4.78 is 28.8. The largest absolute Gasteiger partial charge is 0.367 e. The molecular weight excluding hydrogens is 378 g/mol. The maximum Gasteiger partial charge on any atom is 0.241 e. The van der Waals surface area contributed by atoms with Gasteiger partial charge in [-0.3, -0.25) is 0 Å². The molecule has 0 fully saturated rings. The Labute approximate surface area is 163 Å². The minimum atomic E-state index is -3.76. The third-order valence-corrected chi connectivity index (χ3v) is 5.42. The number of aryl methyl sites for hydroxylation is 2. The SMILES string of the molecule is Cc1cc(C)n(-c2ccc(NCCNS(=O)(=O)c3ccccc3C#N)nn2)n1. The molecule has 0 atom stereocenters. The third-order valence-electron chi connectivity index (χ3n) is 3.90. The molecule has 0 aliphatic rings. The molecule has 0 aliphatic carbocycles. The summed E-state index contributed by atoms with van der Waals surface area (Å²) in [7, 11) is -3.76. The molecule has 28 heavy (non-hydrogen) atoms. The number of hydrogen-bond donors (Lipinski definition) is 2. The van der Waals surface area contributed by atoms with Crippen molar-refractivity contribution in [2.24, 2.45) is 0 Å². The summed E-state index contributed by atoms with van der Waals surface area (Å²) in [5, 5.41) is 24.6. The van der Waals surface area contributed by atoms with Gasteiger partial charge >= 0.3 is 0 Å². The number of anilines is 1. The van der Waals surface area contributed by atoms with Crippen molar-refractivity contribution < 1.29 is 8.42 Å². The molecule has 1 aromatic carbocycles. The Morgan fingerprint density at radius 2 is 1.89 bits per heavy atom. The molecule has 2 heterocycles. The molecule has 0 unspecified atom stereocenters. The Morgan fingerprint density at radius 3 is 2.54 bits per heavy atom. The number of nitriles is 1. The van der Waals surface area contributed by atoms with Crippen LogP contribution < -0.4 is 10.0 Å². The second-order valence-corrected chi connectivity index (χ2v) is 7.78. The fraction of sp³-hybridized carbons (Fsp3) is 0.222. The number of aromatic nitrogens is 4. The molecule has 0 spiro atoms. The van der Waals surface area contributed by atoms with E-state index in [2.05, 4.69) is 25.3 Å². The first-order valence-corrected chi connectivity index (χ1v) is 9.99. The van der Waals surface area contributed by atoms with Crippen molar-refractivity contribution >= 4 is 15.8 Å². The first-order valence-electron chi connectivity index (χ1n) is 8.51. The zero-order valence-electron chi connectivity index (χ0n) is 15.4. The van der Waals surface area contributed by atoms with E-state index >= 15 is 0 Å². The molecule has 0 radical (unpaired) electrons. The Hall–Kier alpha value is -3.29. The highest BCUT2D eigenvalue weighted by Gasteiger charge is 2.17. The van der Waals surface area contributed by atoms with Gasteiger partial charge in [-0.05, 0) is 44.2 Å². The van der Waals surface area contributed by atoms with Crippen LogP contribution in [0.5, 0.6) is 0 Å². The summed E-state index contributed by atoms with van der Waals surface area (Å²) >= 11 is 0. The van der Waals surface area contributed by atoms with Gasteiger partial charge in [0, 0.05) is 18.8 Å². The van der Waals surface area contributed by atoms with Crippen molar-refractivity contribution in [2.45, 2.75) is 18.7 Å². The van der Waals surface area contributed by atoms with E-state index in [1.165, 1.54) is 12.1 Å². The Morgan fingerprint density at radius 1 is 1.11 bits per heavy atom. The smallest absolute Gasteiger partial charge is 0.241 e. The molecule has 0 saturated heterocycles. The fourth-order valence-electron chi connectivity index (χ4n) is 2.64. The highest BCUT2D eigenvalue weighted by atomic mass is 32.2. The summed E-state index contributed by atoms with van der Waals surface area (Å²) in [6, 6.07) is 13.4. The normalized spacial score (nSPS) is 11.2. The summed E-state index contributed by atoms with van der Waals surface area (Å²) in [6.07, 6.45) is 0. The van der Waals surface area contributed by atoms with E-state index in [-0.39, 0.29) is 17.0 Å². The lowest BCUT2D eigenvalue weighted by atomic mass is 10.2. The van der Waals surface area contributed by atoms with Crippen LogP contribution >= 0.6 is 0 Å². The van der Waals surface area contributed by atoms with E-state index in [0.29, 0.717) is 18.2 Å². The van der Waals surface area contributed by atoms with Gasteiger partial charge < -0.3 is 5.32 Å². The number of hydrogen-bond acceptors (Lipinski definition) is 7. The van der Waals surface area contributed by atoms with Crippen LogP contribution in [0.3, 0.4) is 0 Å². The highest BCUT2D eigenvalue weighted by molar-refractivity contribution is 7.89. The van der Waals surface area contributed by atoms with Gasteiger partial charge in [-0.25, -0.2) is 17.8 Å². The average Bonchev–Trinajstić information content (AvgIpc) is 3.03. The van der Waals surface area contributed by atoms with Gasteiger partial charge in [0.2, 0.25) is 10.0 Å². The van der Waals surface area contributed by atoms with Crippen molar-refractivity contribution in [3.05, 3.63) is 59.4 Å². The topological polar surface area (TPSA) is 126 Å². The number of sulfonamides is 1. The molecule has 10 heteroatoms. The minimum Gasteiger partial charge on any atom is -0.367 e. The minimum absolute atomic E-state index is 0.0356. The van der Waals surface area contributed by atoms with Crippen molar-refractivity contribution in [2.75, 3.05) is 18.4 Å². The van der Waals surface area contributed by atoms with E-state index in [9.17, 15) is 8.42 Å². The monoisotopic (exact) mass is 397 g/mol. The molecule has 144 valence electrons. The van der Waals surface area contributed by atoms with E-state index in [1.807, 2.05) is 26.0 Å². The standard InChI is InChI=1S/C18H19N7O2S/c1-13-11-14(2)25(24-13)18-8-7-17(22-23-18)20-9-10-21-28(26,27)16-6-4-3-5-15(16)12-19/h3-8,11,21H,9-10H2,1-2H3,(H,20,22). The number of benzene rings is 1. The zero-order valence-corrected chi connectivity index (χ0v) is 16.2.